The number of nitrogens with one attached hydrogen (secondary N) is 1. The molecular weight excluding hydrogens is 300 g/mol. The van der Waals surface area contributed by atoms with Crippen LogP contribution in [0.15, 0.2) is 24.3 Å². The van der Waals surface area contributed by atoms with Crippen molar-refractivity contribution in [2.24, 2.45) is 5.92 Å². The fourth-order valence-electron chi connectivity index (χ4n) is 2.68. The molecule has 2 rings (SSSR count). The van der Waals surface area contributed by atoms with E-state index in [4.69, 9.17) is 11.6 Å². The smallest absolute Gasteiger partial charge is 0.223 e. The fourth-order valence-corrected chi connectivity index (χ4v) is 2.80. The normalized spacial score (nSPS) is 17.5. The minimum atomic E-state index is -0.544. The molecule has 1 saturated heterocycles. The summed E-state index contributed by atoms with van der Waals surface area (Å²) in [6.45, 7) is 6.35. The van der Waals surface area contributed by atoms with E-state index in [2.05, 4.69) is 10.2 Å². The van der Waals surface area contributed by atoms with Gasteiger partial charge in [-0.25, -0.2) is 0 Å². The molecule has 0 aliphatic carbocycles. The Bertz CT molecular complexity index is 494. The van der Waals surface area contributed by atoms with Crippen molar-refractivity contribution >= 4 is 17.5 Å². The van der Waals surface area contributed by atoms with Crippen LogP contribution in [0.4, 0.5) is 0 Å². The molecule has 2 N–H and O–H groups in total. The van der Waals surface area contributed by atoms with Crippen LogP contribution in [-0.2, 0) is 11.3 Å². The zero-order chi connectivity index (χ0) is 16.2. The number of likely N-dealkylation sites (tertiary alicyclic amines) is 1. The van der Waals surface area contributed by atoms with Gasteiger partial charge in [0.15, 0.2) is 0 Å². The summed E-state index contributed by atoms with van der Waals surface area (Å²) in [5.41, 5.74) is 0.700. The monoisotopic (exact) mass is 324 g/mol. The van der Waals surface area contributed by atoms with Gasteiger partial charge in [0.05, 0.1) is 12.1 Å². The van der Waals surface area contributed by atoms with Crippen LogP contribution < -0.4 is 5.32 Å². The lowest BCUT2D eigenvalue weighted by Crippen LogP contribution is -2.50. The number of aliphatic hydroxyl groups is 1. The van der Waals surface area contributed by atoms with Crippen molar-refractivity contribution < 1.29 is 9.90 Å². The molecule has 1 aliphatic rings. The number of hydrogen-bond acceptors (Lipinski definition) is 3. The Morgan fingerprint density at radius 1 is 1.32 bits per heavy atom. The van der Waals surface area contributed by atoms with Gasteiger partial charge < -0.3 is 10.4 Å². The summed E-state index contributed by atoms with van der Waals surface area (Å²) >= 11 is 5.90. The van der Waals surface area contributed by atoms with E-state index in [0.717, 1.165) is 37.5 Å². The van der Waals surface area contributed by atoms with Crippen LogP contribution in [0.2, 0.25) is 5.02 Å². The molecule has 1 fully saturated rings. The Kier molecular flexibility index (Phi) is 5.84. The van der Waals surface area contributed by atoms with E-state index in [1.54, 1.807) is 0 Å². The summed E-state index contributed by atoms with van der Waals surface area (Å²) in [6.07, 6.45) is 1.72. The molecule has 0 bridgehead atoms. The summed E-state index contributed by atoms with van der Waals surface area (Å²) in [6, 6.07) is 7.91. The van der Waals surface area contributed by atoms with Gasteiger partial charge in [-0.05, 0) is 57.5 Å². The van der Waals surface area contributed by atoms with Crippen LogP contribution in [0.1, 0.15) is 32.3 Å². The molecule has 1 aromatic carbocycles. The maximum Gasteiger partial charge on any atom is 0.223 e. The van der Waals surface area contributed by atoms with Gasteiger partial charge in [0.1, 0.15) is 0 Å². The van der Waals surface area contributed by atoms with Crippen LogP contribution in [0.25, 0.3) is 0 Å². The van der Waals surface area contributed by atoms with Crippen molar-refractivity contribution in [3.8, 4) is 0 Å². The van der Waals surface area contributed by atoms with Crippen LogP contribution in [0.5, 0.6) is 0 Å². The molecule has 5 heteroatoms. The Morgan fingerprint density at radius 2 is 1.91 bits per heavy atom. The van der Waals surface area contributed by atoms with Gasteiger partial charge in [0.2, 0.25) is 5.91 Å². The molecule has 1 heterocycles. The van der Waals surface area contributed by atoms with Gasteiger partial charge in [-0.3, -0.25) is 9.69 Å². The van der Waals surface area contributed by atoms with Crippen molar-refractivity contribution in [2.45, 2.75) is 38.8 Å². The second kappa shape index (κ2) is 7.44. The van der Waals surface area contributed by atoms with Gasteiger partial charge in [-0.2, -0.15) is 0 Å². The Balaban J connectivity index is 1.80. The van der Waals surface area contributed by atoms with Gasteiger partial charge >= 0.3 is 0 Å². The number of hydrogen-bond donors (Lipinski definition) is 2. The average Bonchev–Trinajstić information content (AvgIpc) is 2.50. The second-order valence-electron chi connectivity index (χ2n) is 6.71. The number of carbonyl (C=O) groups excluding carboxylic acids is 1. The highest BCUT2D eigenvalue weighted by atomic mass is 35.5. The van der Waals surface area contributed by atoms with Crippen molar-refractivity contribution in [1.82, 2.24) is 10.2 Å². The lowest BCUT2D eigenvalue weighted by molar-refractivity contribution is -0.128. The number of carbonyl (C=O) groups is 1. The molecule has 122 valence electrons. The molecule has 1 aliphatic heterocycles. The number of benzene rings is 1. The third kappa shape index (κ3) is 4.97. The molecular formula is C17H25ClN2O2. The zero-order valence-corrected chi connectivity index (χ0v) is 14.1. The van der Waals surface area contributed by atoms with E-state index >= 15 is 0 Å². The Labute approximate surface area is 137 Å². The topological polar surface area (TPSA) is 52.6 Å². The minimum absolute atomic E-state index is 0.0475. The highest BCUT2D eigenvalue weighted by molar-refractivity contribution is 6.30. The summed E-state index contributed by atoms with van der Waals surface area (Å²) < 4.78 is 0. The van der Waals surface area contributed by atoms with E-state index in [0.29, 0.717) is 0 Å². The number of aliphatic hydroxyl groups excluding tert-OH is 1. The fraction of sp³-hybridized carbons (Fsp3) is 0.588. The number of piperidine rings is 1. The van der Waals surface area contributed by atoms with E-state index < -0.39 is 5.54 Å². The predicted molar refractivity (Wildman–Crippen MR) is 88.8 cm³/mol. The molecule has 22 heavy (non-hydrogen) atoms. The van der Waals surface area contributed by atoms with E-state index in [1.165, 1.54) is 5.56 Å². The summed E-state index contributed by atoms with van der Waals surface area (Å²) in [5, 5.41) is 12.9. The number of halogens is 1. The molecule has 0 radical (unpaired) electrons. The molecule has 0 atom stereocenters. The van der Waals surface area contributed by atoms with Crippen molar-refractivity contribution in [3.05, 3.63) is 34.9 Å². The second-order valence-corrected chi connectivity index (χ2v) is 7.14. The molecule has 0 spiro atoms. The Morgan fingerprint density at radius 3 is 2.45 bits per heavy atom. The van der Waals surface area contributed by atoms with Crippen LogP contribution in [-0.4, -0.2) is 41.1 Å². The highest BCUT2D eigenvalue weighted by Gasteiger charge is 2.28. The van der Waals surface area contributed by atoms with Crippen LogP contribution in [0.3, 0.4) is 0 Å². The first-order valence-electron chi connectivity index (χ1n) is 7.79. The van der Waals surface area contributed by atoms with Crippen LogP contribution in [0, 0.1) is 5.92 Å². The predicted octanol–water partition coefficient (Wildman–Crippen LogP) is 2.44. The molecule has 0 aromatic heterocycles. The molecule has 1 amide bonds. The first-order chi connectivity index (χ1) is 10.4. The lowest BCUT2D eigenvalue weighted by atomic mass is 9.94. The minimum Gasteiger partial charge on any atom is -0.394 e. The third-order valence-electron chi connectivity index (χ3n) is 4.13. The van der Waals surface area contributed by atoms with Gasteiger partial charge in [0.25, 0.3) is 0 Å². The molecule has 0 unspecified atom stereocenters. The van der Waals surface area contributed by atoms with E-state index in [1.807, 2.05) is 38.1 Å². The largest absolute Gasteiger partial charge is 0.394 e. The molecule has 1 aromatic rings. The number of nitrogens with zero attached hydrogens (tertiary/aromatic N) is 1. The number of amides is 1. The van der Waals surface area contributed by atoms with Crippen molar-refractivity contribution in [1.29, 1.82) is 0 Å². The van der Waals surface area contributed by atoms with Crippen molar-refractivity contribution in [2.75, 3.05) is 19.7 Å². The molecule has 0 saturated carbocycles. The average molecular weight is 325 g/mol. The van der Waals surface area contributed by atoms with E-state index in [9.17, 15) is 9.90 Å². The first-order valence-corrected chi connectivity index (χ1v) is 8.17. The van der Waals surface area contributed by atoms with Gasteiger partial charge in [0, 0.05) is 17.5 Å². The summed E-state index contributed by atoms with van der Waals surface area (Å²) in [4.78, 5) is 14.6. The van der Waals surface area contributed by atoms with Crippen molar-refractivity contribution in [3.63, 3.8) is 0 Å². The van der Waals surface area contributed by atoms with E-state index in [-0.39, 0.29) is 18.4 Å². The third-order valence-corrected chi connectivity index (χ3v) is 4.39. The maximum absolute atomic E-state index is 12.2. The zero-order valence-electron chi connectivity index (χ0n) is 13.3. The van der Waals surface area contributed by atoms with Gasteiger partial charge in [-0.1, -0.05) is 23.7 Å². The Hall–Kier alpha value is -1.10. The SMILES string of the molecule is CC(C)(CO)NC(=O)C1CCN(Cc2ccc(Cl)cc2)CC1. The maximum atomic E-state index is 12.2. The van der Waals surface area contributed by atoms with Crippen LogP contribution >= 0.6 is 11.6 Å². The quantitative estimate of drug-likeness (QED) is 0.874. The summed E-state index contributed by atoms with van der Waals surface area (Å²) in [5.74, 6) is 0.109. The highest BCUT2D eigenvalue weighted by Crippen LogP contribution is 2.20. The standard InChI is InChI=1S/C17H25ClN2O2/c1-17(2,12-21)19-16(22)14-7-9-20(10-8-14)11-13-3-5-15(18)6-4-13/h3-6,14,21H,7-12H2,1-2H3,(H,19,22). The molecule has 4 nitrogen and oxygen atoms in total. The van der Waals surface area contributed by atoms with Gasteiger partial charge in [-0.15, -0.1) is 0 Å². The number of rotatable bonds is 5. The first kappa shape index (κ1) is 17.3. The lowest BCUT2D eigenvalue weighted by Gasteiger charge is -2.33. The summed E-state index contributed by atoms with van der Waals surface area (Å²) in [7, 11) is 0.